The van der Waals surface area contributed by atoms with Gasteiger partial charge in [-0.05, 0) is 76.4 Å². The van der Waals surface area contributed by atoms with Crippen molar-refractivity contribution in [3.63, 3.8) is 0 Å². The van der Waals surface area contributed by atoms with Gasteiger partial charge in [0.1, 0.15) is 5.76 Å². The van der Waals surface area contributed by atoms with Gasteiger partial charge in [-0.2, -0.15) is 0 Å². The number of hydrogen-bond donors (Lipinski definition) is 1. The maximum Gasteiger partial charge on any atom is 0.248 e. The van der Waals surface area contributed by atoms with Crippen molar-refractivity contribution in [2.75, 3.05) is 16.8 Å². The van der Waals surface area contributed by atoms with Crippen LogP contribution in [0.15, 0.2) is 46.9 Å². The largest absolute Gasteiger partial charge is 0.451 e. The summed E-state index contributed by atoms with van der Waals surface area (Å²) in [5.74, 6) is 2.93. The Kier molecular flexibility index (Phi) is 6.13. The first-order valence-corrected chi connectivity index (χ1v) is 10.5. The van der Waals surface area contributed by atoms with Crippen LogP contribution in [0.25, 0.3) is 6.08 Å². The average Bonchev–Trinajstić information content (AvgIpc) is 3.00. The highest BCUT2D eigenvalue weighted by atomic mass is 127. The Bertz CT molecular complexity index is 708. The molecule has 0 radical (unpaired) electrons. The first-order chi connectivity index (χ1) is 11.2. The second kappa shape index (κ2) is 8.30. The topological polar surface area (TPSA) is 42.2 Å². The molecule has 1 aromatic heterocycles. The number of halogens is 1. The van der Waals surface area contributed by atoms with E-state index in [4.69, 9.17) is 4.42 Å². The molecule has 120 valence electrons. The van der Waals surface area contributed by atoms with Crippen molar-refractivity contribution in [1.82, 2.24) is 0 Å². The molecule has 1 N–H and O–H groups in total. The van der Waals surface area contributed by atoms with E-state index in [9.17, 15) is 4.79 Å². The molecule has 1 aliphatic heterocycles. The van der Waals surface area contributed by atoms with Crippen LogP contribution in [-0.4, -0.2) is 17.4 Å². The van der Waals surface area contributed by atoms with E-state index in [0.717, 1.165) is 9.45 Å². The van der Waals surface area contributed by atoms with Crippen LogP contribution in [0.2, 0.25) is 0 Å². The predicted molar refractivity (Wildman–Crippen MR) is 108 cm³/mol. The van der Waals surface area contributed by atoms with Gasteiger partial charge in [0.05, 0.1) is 4.58 Å². The molecule has 6 heteroatoms. The van der Waals surface area contributed by atoms with Crippen molar-refractivity contribution in [3.8, 4) is 0 Å². The molecule has 1 amide bonds. The Morgan fingerprint density at radius 2 is 2.09 bits per heavy atom. The Morgan fingerprint density at radius 3 is 2.83 bits per heavy atom. The quantitative estimate of drug-likeness (QED) is 0.493. The number of amides is 1. The van der Waals surface area contributed by atoms with Gasteiger partial charge < -0.3 is 9.73 Å². The molecule has 0 spiro atoms. The highest BCUT2D eigenvalue weighted by Crippen LogP contribution is 2.44. The van der Waals surface area contributed by atoms with Gasteiger partial charge in [0.15, 0.2) is 3.77 Å². The molecule has 23 heavy (non-hydrogen) atoms. The highest BCUT2D eigenvalue weighted by Gasteiger charge is 2.16. The minimum atomic E-state index is -0.155. The third-order valence-corrected chi connectivity index (χ3v) is 6.84. The average molecular weight is 457 g/mol. The summed E-state index contributed by atoms with van der Waals surface area (Å²) in [6.07, 6.45) is 4.44. The van der Waals surface area contributed by atoms with Crippen molar-refractivity contribution in [2.24, 2.45) is 0 Å². The molecule has 1 fully saturated rings. The monoisotopic (exact) mass is 457 g/mol. The number of carbonyl (C=O) groups excluding carboxylic acids is 1. The summed E-state index contributed by atoms with van der Waals surface area (Å²) in [7, 11) is 0. The van der Waals surface area contributed by atoms with Gasteiger partial charge in [0, 0.05) is 11.8 Å². The number of carbonyl (C=O) groups is 1. The molecule has 3 nitrogen and oxygen atoms in total. The molecular weight excluding hydrogens is 441 g/mol. The molecule has 0 aliphatic carbocycles. The zero-order chi connectivity index (χ0) is 16.1. The van der Waals surface area contributed by atoms with Gasteiger partial charge in [0.25, 0.3) is 0 Å². The van der Waals surface area contributed by atoms with E-state index in [1.54, 1.807) is 6.08 Å². The minimum absolute atomic E-state index is 0.155. The first kappa shape index (κ1) is 17.0. The number of thioether (sulfide) groups is 2. The van der Waals surface area contributed by atoms with Gasteiger partial charge in [-0.15, -0.1) is 23.5 Å². The molecule has 0 saturated carbocycles. The van der Waals surface area contributed by atoms with Crippen molar-refractivity contribution in [3.05, 3.63) is 57.6 Å². The molecule has 0 bridgehead atoms. The summed E-state index contributed by atoms with van der Waals surface area (Å²) in [4.78, 5) is 12.0. The summed E-state index contributed by atoms with van der Waals surface area (Å²) in [5.41, 5.74) is 2.10. The summed E-state index contributed by atoms with van der Waals surface area (Å²) < 4.78 is 6.67. The Morgan fingerprint density at radius 1 is 1.26 bits per heavy atom. The summed E-state index contributed by atoms with van der Waals surface area (Å²) >= 11 is 6.05. The molecule has 1 aromatic carbocycles. The second-order valence-corrected chi connectivity index (χ2v) is 8.80. The van der Waals surface area contributed by atoms with E-state index in [1.165, 1.54) is 29.6 Å². The lowest BCUT2D eigenvalue weighted by Crippen LogP contribution is -2.08. The highest BCUT2D eigenvalue weighted by molar-refractivity contribution is 14.1. The van der Waals surface area contributed by atoms with Gasteiger partial charge in [-0.25, -0.2) is 0 Å². The van der Waals surface area contributed by atoms with Crippen LogP contribution in [0.3, 0.4) is 0 Å². The van der Waals surface area contributed by atoms with Crippen LogP contribution < -0.4 is 5.32 Å². The fourth-order valence-electron chi connectivity index (χ4n) is 2.20. The van der Waals surface area contributed by atoms with Crippen LogP contribution in [0, 0.1) is 3.77 Å². The van der Waals surface area contributed by atoms with E-state index < -0.39 is 0 Å². The van der Waals surface area contributed by atoms with E-state index in [0.29, 0.717) is 10.3 Å². The number of anilines is 1. The van der Waals surface area contributed by atoms with Crippen molar-refractivity contribution < 1.29 is 9.21 Å². The Hall–Kier alpha value is -0.860. The molecule has 2 aromatic rings. The van der Waals surface area contributed by atoms with Crippen LogP contribution >= 0.6 is 46.1 Å². The normalized spacial score (nSPS) is 15.9. The standard InChI is InChI=1S/C17H16INO2S2/c18-15-7-5-14(21-15)6-8-16(20)19-13-4-1-3-12(11-13)17-22-9-2-10-23-17/h1,3-8,11,17H,2,9-10H2,(H,19,20)/b8-6+. The number of furan rings is 1. The molecule has 1 saturated heterocycles. The third kappa shape index (κ3) is 5.06. The predicted octanol–water partition coefficient (Wildman–Crippen LogP) is 5.40. The summed E-state index contributed by atoms with van der Waals surface area (Å²) in [5, 5.41) is 2.91. The fraction of sp³-hybridized carbons (Fsp3) is 0.235. The number of rotatable bonds is 4. The van der Waals surface area contributed by atoms with Gasteiger partial charge in [-0.1, -0.05) is 12.1 Å². The van der Waals surface area contributed by atoms with Crippen molar-refractivity contribution >= 4 is 63.8 Å². The summed E-state index contributed by atoms with van der Waals surface area (Å²) in [6.45, 7) is 0. The molecule has 0 atom stereocenters. The smallest absolute Gasteiger partial charge is 0.248 e. The Labute approximate surface area is 157 Å². The number of hydrogen-bond acceptors (Lipinski definition) is 4. The van der Waals surface area contributed by atoms with E-state index in [1.807, 2.05) is 47.8 Å². The SMILES string of the molecule is O=C(/C=C/c1ccc(I)o1)Nc1cccc(C2SCCCS2)c1. The molecule has 0 unspecified atom stereocenters. The van der Waals surface area contributed by atoms with Gasteiger partial charge in [-0.3, -0.25) is 4.79 Å². The fourth-order valence-corrected chi connectivity index (χ4v) is 5.51. The molecular formula is C17H16INO2S2. The Balaban J connectivity index is 1.63. The van der Waals surface area contributed by atoms with E-state index >= 15 is 0 Å². The van der Waals surface area contributed by atoms with Gasteiger partial charge in [0.2, 0.25) is 5.91 Å². The van der Waals surface area contributed by atoms with E-state index in [2.05, 4.69) is 40.0 Å². The lowest BCUT2D eigenvalue weighted by atomic mass is 10.2. The lowest BCUT2D eigenvalue weighted by Gasteiger charge is -2.21. The maximum atomic E-state index is 12.0. The second-order valence-electron chi connectivity index (χ2n) is 5.02. The molecule has 3 rings (SSSR count). The third-order valence-electron chi connectivity index (χ3n) is 3.25. The first-order valence-electron chi connectivity index (χ1n) is 7.28. The minimum Gasteiger partial charge on any atom is -0.451 e. The van der Waals surface area contributed by atoms with Gasteiger partial charge >= 0.3 is 0 Å². The van der Waals surface area contributed by atoms with Crippen LogP contribution in [-0.2, 0) is 4.79 Å². The van der Waals surface area contributed by atoms with Crippen LogP contribution in [0.1, 0.15) is 22.3 Å². The lowest BCUT2D eigenvalue weighted by molar-refractivity contribution is -0.111. The molecule has 2 heterocycles. The van der Waals surface area contributed by atoms with Crippen LogP contribution in [0.4, 0.5) is 5.69 Å². The zero-order valence-corrected chi connectivity index (χ0v) is 16.1. The number of benzene rings is 1. The van der Waals surface area contributed by atoms with Crippen LogP contribution in [0.5, 0.6) is 0 Å². The number of nitrogens with one attached hydrogen (secondary N) is 1. The van der Waals surface area contributed by atoms with E-state index in [-0.39, 0.29) is 5.91 Å². The zero-order valence-electron chi connectivity index (χ0n) is 12.3. The maximum absolute atomic E-state index is 12.0. The summed E-state index contributed by atoms with van der Waals surface area (Å²) in [6, 6.07) is 11.8. The molecule has 1 aliphatic rings. The van der Waals surface area contributed by atoms with Crippen molar-refractivity contribution in [2.45, 2.75) is 11.0 Å². The van der Waals surface area contributed by atoms with Crippen molar-refractivity contribution in [1.29, 1.82) is 0 Å².